The lowest BCUT2D eigenvalue weighted by Gasteiger charge is -2.00. The van der Waals surface area contributed by atoms with Crippen molar-refractivity contribution >= 4 is 50.5 Å². The summed E-state index contributed by atoms with van der Waals surface area (Å²) in [7, 11) is 0. The van der Waals surface area contributed by atoms with Crippen molar-refractivity contribution in [2.45, 2.75) is 0 Å². The molecule has 0 fully saturated rings. The normalized spacial score (nSPS) is 9.00. The average Bonchev–Trinajstić information content (AvgIpc) is 2.47. The Labute approximate surface area is 140 Å². The highest BCUT2D eigenvalue weighted by Gasteiger charge is 2.02. The minimum atomic E-state index is 0.399. The van der Waals surface area contributed by atoms with Gasteiger partial charge in [0.1, 0.15) is 0 Å². The number of nitrogen functional groups attached to an aromatic ring is 2. The molecule has 106 valence electrons. The number of rotatable bonds is 0. The smallest absolute Gasteiger partial charge is 0.0992 e. The van der Waals surface area contributed by atoms with E-state index in [1.807, 2.05) is 12.1 Å². The predicted octanol–water partition coefficient (Wildman–Crippen LogP) is 4.35. The van der Waals surface area contributed by atoms with Gasteiger partial charge in [0.2, 0.25) is 0 Å². The molecule has 0 amide bonds. The lowest BCUT2D eigenvalue weighted by Crippen LogP contribution is -1.88. The Kier molecular flexibility index (Phi) is 6.33. The molecule has 0 saturated carbocycles. The molecular weight excluding hydrogens is 375 g/mol. The van der Waals surface area contributed by atoms with Crippen LogP contribution in [0, 0.1) is 22.7 Å². The molecule has 2 aromatic rings. The molecule has 2 aromatic carbocycles. The van der Waals surface area contributed by atoms with Gasteiger partial charge in [-0.1, -0.05) is 23.2 Å². The number of nitrogens with two attached hydrogens (primary N) is 2. The summed E-state index contributed by atoms with van der Waals surface area (Å²) in [6, 6.07) is 11.9. The van der Waals surface area contributed by atoms with Crippen LogP contribution in [0.3, 0.4) is 0 Å². The van der Waals surface area contributed by atoms with Crippen molar-refractivity contribution < 1.29 is 0 Å². The third-order valence-corrected chi connectivity index (χ3v) is 3.63. The maximum absolute atomic E-state index is 8.51. The molecule has 0 aliphatic carbocycles. The molecule has 0 spiro atoms. The van der Waals surface area contributed by atoms with E-state index in [4.69, 9.17) is 45.2 Å². The van der Waals surface area contributed by atoms with Gasteiger partial charge in [-0.25, -0.2) is 0 Å². The monoisotopic (exact) mass is 382 g/mol. The fourth-order valence-corrected chi connectivity index (χ4v) is 2.22. The maximum atomic E-state index is 8.51. The topological polar surface area (TPSA) is 99.6 Å². The van der Waals surface area contributed by atoms with Gasteiger partial charge in [-0.2, -0.15) is 10.5 Å². The molecule has 0 aliphatic rings. The summed E-state index contributed by atoms with van der Waals surface area (Å²) >= 11 is 14.5. The van der Waals surface area contributed by atoms with Gasteiger partial charge in [0.05, 0.1) is 44.7 Å². The van der Waals surface area contributed by atoms with E-state index in [1.165, 1.54) is 12.1 Å². The molecule has 21 heavy (non-hydrogen) atoms. The van der Waals surface area contributed by atoms with Gasteiger partial charge in [-0.3, -0.25) is 0 Å². The molecule has 0 unspecified atom stereocenters. The molecule has 0 saturated heterocycles. The first-order valence-corrected chi connectivity index (χ1v) is 7.03. The fraction of sp³-hybridized carbons (Fsp3) is 0. The van der Waals surface area contributed by atoms with Crippen LogP contribution >= 0.6 is 39.1 Å². The molecule has 7 heteroatoms. The summed E-state index contributed by atoms with van der Waals surface area (Å²) in [6.45, 7) is 0. The van der Waals surface area contributed by atoms with Crippen LogP contribution in [-0.4, -0.2) is 0 Å². The third-order valence-electron chi connectivity index (χ3n) is 2.34. The zero-order valence-corrected chi connectivity index (χ0v) is 13.7. The molecule has 0 heterocycles. The fourth-order valence-electron chi connectivity index (χ4n) is 1.25. The van der Waals surface area contributed by atoms with E-state index in [1.54, 1.807) is 18.2 Å². The van der Waals surface area contributed by atoms with Crippen molar-refractivity contribution in [2.24, 2.45) is 0 Å². The van der Waals surface area contributed by atoms with Gasteiger partial charge in [-0.05, 0) is 46.3 Å². The second kappa shape index (κ2) is 7.75. The van der Waals surface area contributed by atoms with Crippen LogP contribution in [0.5, 0.6) is 0 Å². The second-order valence-electron chi connectivity index (χ2n) is 3.81. The van der Waals surface area contributed by atoms with Crippen LogP contribution in [0.4, 0.5) is 11.4 Å². The average molecular weight is 384 g/mol. The van der Waals surface area contributed by atoms with Crippen molar-refractivity contribution in [2.75, 3.05) is 11.5 Å². The number of nitriles is 2. The first-order valence-electron chi connectivity index (χ1n) is 5.48. The zero-order valence-electron chi connectivity index (χ0n) is 10.6. The quantitative estimate of drug-likeness (QED) is 0.660. The number of hydrogen-bond donors (Lipinski definition) is 2. The van der Waals surface area contributed by atoms with Gasteiger partial charge in [0.25, 0.3) is 0 Å². The summed E-state index contributed by atoms with van der Waals surface area (Å²) in [5.74, 6) is 0. The predicted molar refractivity (Wildman–Crippen MR) is 88.9 cm³/mol. The summed E-state index contributed by atoms with van der Waals surface area (Å²) in [6.07, 6.45) is 0. The van der Waals surface area contributed by atoms with Crippen LogP contribution < -0.4 is 11.5 Å². The molecule has 0 atom stereocenters. The Morgan fingerprint density at radius 1 is 0.905 bits per heavy atom. The SMILES string of the molecule is N#Cc1cc(Cl)c(N)c(Br)c1.N#Cc1ccc(N)c(Cl)c1. The number of nitrogens with zero attached hydrogens (tertiary/aromatic N) is 2. The van der Waals surface area contributed by atoms with Crippen molar-refractivity contribution in [3.63, 3.8) is 0 Å². The molecule has 4 N–H and O–H groups in total. The summed E-state index contributed by atoms with van der Waals surface area (Å²) in [5, 5.41) is 17.7. The van der Waals surface area contributed by atoms with E-state index in [2.05, 4.69) is 15.9 Å². The summed E-state index contributed by atoms with van der Waals surface area (Å²) in [5.41, 5.74) is 12.9. The number of benzene rings is 2. The lowest BCUT2D eigenvalue weighted by atomic mass is 10.2. The summed E-state index contributed by atoms with van der Waals surface area (Å²) in [4.78, 5) is 0. The minimum Gasteiger partial charge on any atom is -0.398 e. The highest BCUT2D eigenvalue weighted by Crippen LogP contribution is 2.28. The van der Waals surface area contributed by atoms with E-state index in [-0.39, 0.29) is 0 Å². The first kappa shape index (κ1) is 17.1. The molecular formula is C14H9BrCl2N4. The highest BCUT2D eigenvalue weighted by atomic mass is 79.9. The lowest BCUT2D eigenvalue weighted by molar-refractivity contribution is 1.47. The van der Waals surface area contributed by atoms with Crippen LogP contribution in [0.25, 0.3) is 0 Å². The van der Waals surface area contributed by atoms with Gasteiger partial charge in [0, 0.05) is 4.47 Å². The van der Waals surface area contributed by atoms with E-state index < -0.39 is 0 Å². The number of halogens is 3. The highest BCUT2D eigenvalue weighted by molar-refractivity contribution is 9.10. The molecule has 4 nitrogen and oxygen atoms in total. The van der Waals surface area contributed by atoms with Crippen LogP contribution in [0.15, 0.2) is 34.8 Å². The zero-order chi connectivity index (χ0) is 16.0. The maximum Gasteiger partial charge on any atom is 0.0992 e. The molecule has 2 rings (SSSR count). The molecule has 0 aliphatic heterocycles. The molecule has 0 aromatic heterocycles. The van der Waals surface area contributed by atoms with Crippen molar-refractivity contribution in [1.29, 1.82) is 10.5 Å². The van der Waals surface area contributed by atoms with E-state index >= 15 is 0 Å². The van der Waals surface area contributed by atoms with Gasteiger partial charge >= 0.3 is 0 Å². The molecule has 0 radical (unpaired) electrons. The Hall–Kier alpha value is -1.92. The van der Waals surface area contributed by atoms with Crippen molar-refractivity contribution in [3.05, 3.63) is 56.0 Å². The largest absolute Gasteiger partial charge is 0.398 e. The number of anilines is 2. The Bertz CT molecular complexity index is 725. The van der Waals surface area contributed by atoms with Gasteiger partial charge in [-0.15, -0.1) is 0 Å². The minimum absolute atomic E-state index is 0.399. The van der Waals surface area contributed by atoms with Crippen molar-refractivity contribution in [3.8, 4) is 12.1 Å². The van der Waals surface area contributed by atoms with E-state index in [0.29, 0.717) is 37.0 Å². The Morgan fingerprint density at radius 3 is 1.95 bits per heavy atom. The Balaban J connectivity index is 0.000000211. The first-order chi connectivity index (χ1) is 9.88. The molecule has 0 bridgehead atoms. The second-order valence-corrected chi connectivity index (χ2v) is 5.48. The van der Waals surface area contributed by atoms with Gasteiger partial charge < -0.3 is 11.5 Å². The Morgan fingerprint density at radius 2 is 1.48 bits per heavy atom. The van der Waals surface area contributed by atoms with Crippen LogP contribution in [0.1, 0.15) is 11.1 Å². The summed E-state index contributed by atoms with van der Waals surface area (Å²) < 4.78 is 0.654. The van der Waals surface area contributed by atoms with Crippen LogP contribution in [0.2, 0.25) is 10.0 Å². The van der Waals surface area contributed by atoms with E-state index in [0.717, 1.165) is 0 Å². The third kappa shape index (κ3) is 4.84. The van der Waals surface area contributed by atoms with Crippen LogP contribution in [-0.2, 0) is 0 Å². The van der Waals surface area contributed by atoms with Gasteiger partial charge in [0.15, 0.2) is 0 Å². The standard InChI is InChI=1S/C7H4BrClN2.C7H5ClN2/c8-5-1-4(3-10)2-6(9)7(5)11;8-6-3-5(4-9)1-2-7(6)10/h1-2H,11H2;1-3H,10H2. The van der Waals surface area contributed by atoms with Crippen molar-refractivity contribution in [1.82, 2.24) is 0 Å². The van der Waals surface area contributed by atoms with E-state index in [9.17, 15) is 0 Å². The number of hydrogen-bond acceptors (Lipinski definition) is 4.